The van der Waals surface area contributed by atoms with E-state index in [4.69, 9.17) is 4.74 Å². The van der Waals surface area contributed by atoms with Crippen LogP contribution in [0.25, 0.3) is 0 Å². The van der Waals surface area contributed by atoms with E-state index in [1.54, 1.807) is 31.2 Å². The number of methoxy groups -OCH3 is 1. The van der Waals surface area contributed by atoms with Gasteiger partial charge in [0.15, 0.2) is 0 Å². The van der Waals surface area contributed by atoms with Gasteiger partial charge in [-0.1, -0.05) is 12.1 Å². The highest BCUT2D eigenvalue weighted by Gasteiger charge is 2.41. The Bertz CT molecular complexity index is 747. The quantitative estimate of drug-likeness (QED) is 0.656. The zero-order chi connectivity index (χ0) is 19.3. The fourth-order valence-electron chi connectivity index (χ4n) is 2.87. The van der Waals surface area contributed by atoms with Gasteiger partial charge in [0.1, 0.15) is 6.04 Å². The highest BCUT2D eigenvalue weighted by molar-refractivity contribution is 7.86. The lowest BCUT2D eigenvalue weighted by Gasteiger charge is -2.27. The van der Waals surface area contributed by atoms with Crippen molar-refractivity contribution in [3.05, 3.63) is 35.4 Å². The Labute approximate surface area is 153 Å². The summed E-state index contributed by atoms with van der Waals surface area (Å²) < 4.78 is 37.7. The average Bonchev–Trinajstić information content (AvgIpc) is 3.12. The minimum Gasteiger partial charge on any atom is -0.465 e. The number of benzene rings is 1. The molecule has 1 aliphatic heterocycles. The average molecular weight is 384 g/mol. The Morgan fingerprint density at radius 2 is 1.92 bits per heavy atom. The molecule has 0 aliphatic carbocycles. The van der Waals surface area contributed by atoms with E-state index in [0.717, 1.165) is 5.56 Å². The highest BCUT2D eigenvalue weighted by Crippen LogP contribution is 2.24. The predicted octanol–water partition coefficient (Wildman–Crippen LogP) is 1.18. The first-order valence-corrected chi connectivity index (χ1v) is 9.78. The maximum atomic E-state index is 12.8. The van der Waals surface area contributed by atoms with Crippen LogP contribution >= 0.6 is 0 Å². The van der Waals surface area contributed by atoms with Crippen molar-refractivity contribution < 1.29 is 27.5 Å². The van der Waals surface area contributed by atoms with Crippen molar-refractivity contribution in [2.75, 3.05) is 27.3 Å². The van der Waals surface area contributed by atoms with Crippen molar-refractivity contribution in [3.8, 4) is 0 Å². The third-order valence-electron chi connectivity index (χ3n) is 4.23. The van der Waals surface area contributed by atoms with Gasteiger partial charge in [-0.05, 0) is 37.5 Å². The molecule has 1 aromatic rings. The van der Waals surface area contributed by atoms with Gasteiger partial charge >= 0.3 is 11.9 Å². The number of ether oxygens (including phenoxy) is 2. The predicted molar refractivity (Wildman–Crippen MR) is 94.5 cm³/mol. The van der Waals surface area contributed by atoms with Crippen LogP contribution in [0.4, 0.5) is 0 Å². The molecule has 0 radical (unpaired) electrons. The summed E-state index contributed by atoms with van der Waals surface area (Å²) in [5.74, 6) is -0.962. The van der Waals surface area contributed by atoms with Crippen molar-refractivity contribution >= 4 is 22.1 Å². The number of esters is 2. The molecule has 0 spiro atoms. The molecule has 26 heavy (non-hydrogen) atoms. The number of rotatable bonds is 7. The Morgan fingerprint density at radius 1 is 1.27 bits per heavy atom. The number of carbonyl (C=O) groups excluding carboxylic acids is 2. The van der Waals surface area contributed by atoms with Gasteiger partial charge in [0.05, 0.1) is 19.3 Å². The van der Waals surface area contributed by atoms with Gasteiger partial charge in [-0.25, -0.2) is 4.79 Å². The van der Waals surface area contributed by atoms with Crippen molar-refractivity contribution in [2.45, 2.75) is 32.4 Å². The van der Waals surface area contributed by atoms with Crippen LogP contribution in [0.3, 0.4) is 0 Å². The Balaban J connectivity index is 2.10. The summed E-state index contributed by atoms with van der Waals surface area (Å²) in [5.41, 5.74) is 1.11. The van der Waals surface area contributed by atoms with Gasteiger partial charge in [-0.2, -0.15) is 17.0 Å². The van der Waals surface area contributed by atoms with Gasteiger partial charge in [-0.3, -0.25) is 4.79 Å². The topological polar surface area (TPSA) is 93.2 Å². The van der Waals surface area contributed by atoms with Crippen LogP contribution in [0.5, 0.6) is 0 Å². The SMILES string of the molecule is CCOC(=O)[C@H]1CCCN1S(=O)(=O)N(C)Cc1ccc(C(=O)OC)cc1. The van der Waals surface area contributed by atoms with E-state index in [1.165, 1.54) is 22.8 Å². The van der Waals surface area contributed by atoms with E-state index in [-0.39, 0.29) is 19.7 Å². The molecule has 1 fully saturated rings. The van der Waals surface area contributed by atoms with Crippen molar-refractivity contribution in [2.24, 2.45) is 0 Å². The molecule has 1 aromatic carbocycles. The molecular weight excluding hydrogens is 360 g/mol. The van der Waals surface area contributed by atoms with E-state index in [9.17, 15) is 18.0 Å². The molecule has 0 unspecified atom stereocenters. The Morgan fingerprint density at radius 3 is 2.50 bits per heavy atom. The van der Waals surface area contributed by atoms with Crippen LogP contribution in [-0.4, -0.2) is 62.3 Å². The molecule has 2 rings (SSSR count). The lowest BCUT2D eigenvalue weighted by atomic mass is 10.1. The monoisotopic (exact) mass is 384 g/mol. The standard InChI is InChI=1S/C17H24N2O6S/c1-4-25-17(21)15-6-5-11-19(15)26(22,23)18(2)12-13-7-9-14(10-8-13)16(20)24-3/h7-10,15H,4-6,11-12H2,1-3H3/t15-/m1/s1. The summed E-state index contributed by atoms with van der Waals surface area (Å²) in [7, 11) is -1.05. The van der Waals surface area contributed by atoms with Crippen LogP contribution in [0.15, 0.2) is 24.3 Å². The third-order valence-corrected chi connectivity index (χ3v) is 6.18. The van der Waals surface area contributed by atoms with Gasteiger partial charge < -0.3 is 9.47 Å². The minimum atomic E-state index is -3.81. The normalized spacial score (nSPS) is 18.1. The van der Waals surface area contributed by atoms with E-state index in [0.29, 0.717) is 18.4 Å². The fourth-order valence-corrected chi connectivity index (χ4v) is 4.42. The molecule has 144 valence electrons. The third kappa shape index (κ3) is 4.40. The van der Waals surface area contributed by atoms with E-state index >= 15 is 0 Å². The molecule has 0 aromatic heterocycles. The summed E-state index contributed by atoms with van der Waals surface area (Å²) >= 11 is 0. The number of carbonyl (C=O) groups is 2. The number of nitrogens with zero attached hydrogens (tertiary/aromatic N) is 2. The molecule has 0 amide bonds. The molecule has 0 saturated carbocycles. The number of hydrogen-bond acceptors (Lipinski definition) is 6. The maximum absolute atomic E-state index is 12.8. The lowest BCUT2D eigenvalue weighted by molar-refractivity contribution is -0.146. The van der Waals surface area contributed by atoms with Crippen LogP contribution in [0, 0.1) is 0 Å². The van der Waals surface area contributed by atoms with E-state index in [2.05, 4.69) is 4.74 Å². The van der Waals surface area contributed by atoms with Crippen molar-refractivity contribution in [1.29, 1.82) is 0 Å². The Hall–Kier alpha value is -1.97. The Kier molecular flexibility index (Phi) is 6.74. The fraction of sp³-hybridized carbons (Fsp3) is 0.529. The molecule has 0 bridgehead atoms. The first kappa shape index (κ1) is 20.3. The first-order chi connectivity index (χ1) is 12.3. The van der Waals surface area contributed by atoms with Gasteiger partial charge in [0.2, 0.25) is 0 Å². The van der Waals surface area contributed by atoms with Crippen LogP contribution in [0.2, 0.25) is 0 Å². The molecule has 1 aliphatic rings. The summed E-state index contributed by atoms with van der Waals surface area (Å²) in [4.78, 5) is 23.5. The van der Waals surface area contributed by atoms with E-state index < -0.39 is 28.2 Å². The molecule has 8 nitrogen and oxygen atoms in total. The largest absolute Gasteiger partial charge is 0.465 e. The molecule has 9 heteroatoms. The van der Waals surface area contributed by atoms with Gasteiger partial charge in [0, 0.05) is 20.1 Å². The lowest BCUT2D eigenvalue weighted by Crippen LogP contribution is -2.47. The first-order valence-electron chi connectivity index (χ1n) is 8.38. The molecule has 1 atom stereocenters. The summed E-state index contributed by atoms with van der Waals surface area (Å²) in [6.07, 6.45) is 1.07. The molecule has 1 saturated heterocycles. The number of hydrogen-bond donors (Lipinski definition) is 0. The smallest absolute Gasteiger partial charge is 0.337 e. The summed E-state index contributed by atoms with van der Waals surface area (Å²) in [6.45, 7) is 2.31. The molecular formula is C17H24N2O6S. The van der Waals surface area contributed by atoms with Crippen LogP contribution in [0.1, 0.15) is 35.7 Å². The van der Waals surface area contributed by atoms with E-state index in [1.807, 2.05) is 0 Å². The maximum Gasteiger partial charge on any atom is 0.337 e. The second-order valence-corrected chi connectivity index (χ2v) is 7.96. The second kappa shape index (κ2) is 8.61. The molecule has 0 N–H and O–H groups in total. The minimum absolute atomic E-state index is 0.121. The zero-order valence-electron chi connectivity index (χ0n) is 15.2. The highest BCUT2D eigenvalue weighted by atomic mass is 32.2. The van der Waals surface area contributed by atoms with Crippen molar-refractivity contribution in [1.82, 2.24) is 8.61 Å². The summed E-state index contributed by atoms with van der Waals surface area (Å²) in [5, 5.41) is 0. The van der Waals surface area contributed by atoms with Gasteiger partial charge in [0.25, 0.3) is 10.2 Å². The van der Waals surface area contributed by atoms with Crippen molar-refractivity contribution in [3.63, 3.8) is 0 Å². The van der Waals surface area contributed by atoms with Crippen LogP contribution < -0.4 is 0 Å². The second-order valence-electron chi connectivity index (χ2n) is 5.97. The summed E-state index contributed by atoms with van der Waals surface area (Å²) in [6, 6.07) is 5.73. The van der Waals surface area contributed by atoms with Crippen LogP contribution in [-0.2, 0) is 31.0 Å². The zero-order valence-corrected chi connectivity index (χ0v) is 16.0. The van der Waals surface area contributed by atoms with Gasteiger partial charge in [-0.15, -0.1) is 0 Å². The molecule has 1 heterocycles.